The van der Waals surface area contributed by atoms with Gasteiger partial charge in [0, 0.05) is 12.4 Å². The van der Waals surface area contributed by atoms with Crippen molar-refractivity contribution in [3.8, 4) is 11.5 Å². The summed E-state index contributed by atoms with van der Waals surface area (Å²) in [5.41, 5.74) is 0.650. The molecule has 0 fully saturated rings. The number of benzene rings is 1. The second-order valence-corrected chi connectivity index (χ2v) is 3.61. The van der Waals surface area contributed by atoms with Crippen LogP contribution in [0.25, 0.3) is 0 Å². The van der Waals surface area contributed by atoms with Crippen LogP contribution < -0.4 is 14.6 Å². The first-order valence-electron chi connectivity index (χ1n) is 5.75. The van der Waals surface area contributed by atoms with E-state index in [9.17, 15) is 9.90 Å². The highest BCUT2D eigenvalue weighted by Crippen LogP contribution is 2.28. The molecular formula is C13H17O4-. The first-order chi connectivity index (χ1) is 8.17. The number of rotatable bonds is 7. The Bertz CT molecular complexity index is 374. The van der Waals surface area contributed by atoms with Crippen molar-refractivity contribution in [3.05, 3.63) is 23.8 Å². The minimum absolute atomic E-state index is 0.117. The summed E-state index contributed by atoms with van der Waals surface area (Å²) in [6.07, 6.45) is 0.792. The third kappa shape index (κ3) is 4.34. The van der Waals surface area contributed by atoms with E-state index in [0.29, 0.717) is 30.3 Å². The van der Waals surface area contributed by atoms with Gasteiger partial charge < -0.3 is 19.4 Å². The van der Waals surface area contributed by atoms with E-state index in [-0.39, 0.29) is 6.42 Å². The number of aliphatic carboxylic acids is 1. The Morgan fingerprint density at radius 1 is 1.24 bits per heavy atom. The van der Waals surface area contributed by atoms with Gasteiger partial charge in [-0.2, -0.15) is 0 Å². The summed E-state index contributed by atoms with van der Waals surface area (Å²) < 4.78 is 10.9. The van der Waals surface area contributed by atoms with Crippen molar-refractivity contribution in [1.82, 2.24) is 0 Å². The molecule has 0 aromatic heterocycles. The minimum Gasteiger partial charge on any atom is -0.550 e. The molecule has 0 atom stereocenters. The highest BCUT2D eigenvalue weighted by atomic mass is 16.5. The van der Waals surface area contributed by atoms with E-state index in [0.717, 1.165) is 6.42 Å². The van der Waals surface area contributed by atoms with Gasteiger partial charge in [0.2, 0.25) is 0 Å². The zero-order chi connectivity index (χ0) is 12.7. The topological polar surface area (TPSA) is 58.6 Å². The van der Waals surface area contributed by atoms with Crippen LogP contribution in [0.5, 0.6) is 11.5 Å². The molecule has 0 amide bonds. The molecule has 0 aliphatic carbocycles. The van der Waals surface area contributed by atoms with Gasteiger partial charge in [-0.25, -0.2) is 0 Å². The monoisotopic (exact) mass is 237 g/mol. The number of hydrogen-bond acceptors (Lipinski definition) is 4. The summed E-state index contributed by atoms with van der Waals surface area (Å²) >= 11 is 0. The molecule has 17 heavy (non-hydrogen) atoms. The Hall–Kier alpha value is -1.71. The Balaban J connectivity index is 2.86. The molecule has 0 heterocycles. The number of carbonyl (C=O) groups excluding carboxylic acids is 1. The second kappa shape index (κ2) is 6.78. The van der Waals surface area contributed by atoms with E-state index in [1.54, 1.807) is 18.2 Å². The zero-order valence-corrected chi connectivity index (χ0v) is 10.2. The van der Waals surface area contributed by atoms with Gasteiger partial charge in [0.15, 0.2) is 11.5 Å². The second-order valence-electron chi connectivity index (χ2n) is 3.61. The molecule has 0 saturated heterocycles. The molecule has 0 N–H and O–H groups in total. The molecule has 1 aromatic rings. The third-order valence-corrected chi connectivity index (χ3v) is 2.12. The van der Waals surface area contributed by atoms with Gasteiger partial charge in [-0.1, -0.05) is 13.0 Å². The van der Waals surface area contributed by atoms with Gasteiger partial charge >= 0.3 is 0 Å². The Labute approximate surface area is 101 Å². The standard InChI is InChI=1S/C13H18O4/c1-3-7-17-11-6-5-10(9-13(14)15)8-12(11)16-4-2/h5-6,8H,3-4,7,9H2,1-2H3,(H,14,15)/p-1. The van der Waals surface area contributed by atoms with E-state index in [1.165, 1.54) is 0 Å². The number of carboxylic acids is 1. The van der Waals surface area contributed by atoms with Gasteiger partial charge in [-0.15, -0.1) is 0 Å². The van der Waals surface area contributed by atoms with E-state index >= 15 is 0 Å². The zero-order valence-electron chi connectivity index (χ0n) is 10.2. The first kappa shape index (κ1) is 13.4. The summed E-state index contributed by atoms with van der Waals surface area (Å²) in [7, 11) is 0. The van der Waals surface area contributed by atoms with Gasteiger partial charge in [-0.05, 0) is 31.0 Å². The van der Waals surface area contributed by atoms with Crippen molar-refractivity contribution < 1.29 is 19.4 Å². The van der Waals surface area contributed by atoms with Crippen LogP contribution in [0.4, 0.5) is 0 Å². The fourth-order valence-electron chi connectivity index (χ4n) is 1.43. The Morgan fingerprint density at radius 3 is 2.59 bits per heavy atom. The third-order valence-electron chi connectivity index (χ3n) is 2.12. The van der Waals surface area contributed by atoms with Crippen molar-refractivity contribution in [2.75, 3.05) is 13.2 Å². The number of ether oxygens (including phenoxy) is 2. The number of carboxylic acid groups (broad SMARTS) is 1. The molecule has 0 aliphatic rings. The van der Waals surface area contributed by atoms with Crippen LogP contribution in [0.1, 0.15) is 25.8 Å². The SMILES string of the molecule is CCCOc1ccc(CC(=O)[O-])cc1OCC. The summed E-state index contributed by atoms with van der Waals surface area (Å²) in [4.78, 5) is 10.5. The Kier molecular flexibility index (Phi) is 5.33. The number of carbonyl (C=O) groups is 1. The van der Waals surface area contributed by atoms with Gasteiger partial charge in [0.1, 0.15) is 0 Å². The molecule has 1 aromatic carbocycles. The molecular weight excluding hydrogens is 220 g/mol. The maximum atomic E-state index is 10.5. The van der Waals surface area contributed by atoms with Gasteiger partial charge in [-0.3, -0.25) is 0 Å². The summed E-state index contributed by atoms with van der Waals surface area (Å²) in [6, 6.07) is 5.13. The lowest BCUT2D eigenvalue weighted by molar-refractivity contribution is -0.304. The van der Waals surface area contributed by atoms with Crippen LogP contribution in [-0.4, -0.2) is 19.2 Å². The van der Waals surface area contributed by atoms with Crippen molar-refractivity contribution in [2.45, 2.75) is 26.7 Å². The molecule has 0 radical (unpaired) electrons. The molecule has 94 valence electrons. The van der Waals surface area contributed by atoms with Crippen LogP contribution in [0.3, 0.4) is 0 Å². The highest BCUT2D eigenvalue weighted by molar-refractivity contribution is 5.68. The van der Waals surface area contributed by atoms with Crippen molar-refractivity contribution in [2.24, 2.45) is 0 Å². The predicted molar refractivity (Wildman–Crippen MR) is 62.1 cm³/mol. The average Bonchev–Trinajstić information content (AvgIpc) is 2.28. The largest absolute Gasteiger partial charge is 0.550 e. The van der Waals surface area contributed by atoms with Gasteiger partial charge in [0.05, 0.1) is 13.2 Å². The first-order valence-corrected chi connectivity index (χ1v) is 5.75. The smallest absolute Gasteiger partial charge is 0.161 e. The van der Waals surface area contributed by atoms with Crippen LogP contribution >= 0.6 is 0 Å². The Morgan fingerprint density at radius 2 is 2.00 bits per heavy atom. The maximum Gasteiger partial charge on any atom is 0.161 e. The van der Waals surface area contributed by atoms with Gasteiger partial charge in [0.25, 0.3) is 0 Å². The lowest BCUT2D eigenvalue weighted by atomic mass is 10.1. The number of hydrogen-bond donors (Lipinski definition) is 0. The lowest BCUT2D eigenvalue weighted by Crippen LogP contribution is -2.24. The minimum atomic E-state index is -1.10. The fourth-order valence-corrected chi connectivity index (χ4v) is 1.43. The molecule has 4 nitrogen and oxygen atoms in total. The predicted octanol–water partition coefficient (Wildman–Crippen LogP) is 1.17. The molecule has 0 saturated carbocycles. The summed E-state index contributed by atoms with van der Waals surface area (Å²) in [5, 5.41) is 10.5. The maximum absolute atomic E-state index is 10.5. The summed E-state index contributed by atoms with van der Waals surface area (Å²) in [6.45, 7) is 5.01. The lowest BCUT2D eigenvalue weighted by Gasteiger charge is -2.13. The van der Waals surface area contributed by atoms with Crippen LogP contribution in [0, 0.1) is 0 Å². The van der Waals surface area contributed by atoms with E-state index < -0.39 is 5.97 Å². The average molecular weight is 237 g/mol. The van der Waals surface area contributed by atoms with E-state index in [4.69, 9.17) is 9.47 Å². The van der Waals surface area contributed by atoms with Crippen molar-refractivity contribution >= 4 is 5.97 Å². The van der Waals surface area contributed by atoms with Crippen LogP contribution in [0.2, 0.25) is 0 Å². The molecule has 0 aliphatic heterocycles. The molecule has 0 spiro atoms. The van der Waals surface area contributed by atoms with Crippen LogP contribution in [-0.2, 0) is 11.2 Å². The fraction of sp³-hybridized carbons (Fsp3) is 0.462. The highest BCUT2D eigenvalue weighted by Gasteiger charge is 2.06. The van der Waals surface area contributed by atoms with Crippen molar-refractivity contribution in [1.29, 1.82) is 0 Å². The van der Waals surface area contributed by atoms with Crippen LogP contribution in [0.15, 0.2) is 18.2 Å². The van der Waals surface area contributed by atoms with Crippen molar-refractivity contribution in [3.63, 3.8) is 0 Å². The summed E-state index contributed by atoms with van der Waals surface area (Å²) in [5.74, 6) is 0.130. The normalized spacial score (nSPS) is 10.0. The van der Waals surface area contributed by atoms with E-state index in [1.807, 2.05) is 13.8 Å². The molecule has 0 unspecified atom stereocenters. The molecule has 4 heteroatoms. The van der Waals surface area contributed by atoms with E-state index in [2.05, 4.69) is 0 Å². The molecule has 1 rings (SSSR count). The quantitative estimate of drug-likeness (QED) is 0.714. The molecule has 0 bridgehead atoms.